The molecule has 0 unspecified atom stereocenters. The van der Waals surface area contributed by atoms with Crippen LogP contribution in [0.4, 0.5) is 0 Å². The van der Waals surface area contributed by atoms with Crippen molar-refractivity contribution in [2.24, 2.45) is 0 Å². The van der Waals surface area contributed by atoms with Gasteiger partial charge in [-0.25, -0.2) is 0 Å². The lowest BCUT2D eigenvalue weighted by atomic mass is 10.1. The summed E-state index contributed by atoms with van der Waals surface area (Å²) < 4.78 is 7.97. The number of aryl methyl sites for hydroxylation is 2. The van der Waals surface area contributed by atoms with Crippen molar-refractivity contribution in [2.45, 2.75) is 34.2 Å². The fraction of sp³-hybridized carbons (Fsp3) is 0.333. The largest absolute Gasteiger partial charge is 0.491 e. The molecule has 0 N–H and O–H groups in total. The second-order valence-electron chi connectivity index (χ2n) is 7.18. The average Bonchev–Trinajstić information content (AvgIpc) is 3.09. The Morgan fingerprint density at radius 3 is 2.48 bits per heavy atom. The van der Waals surface area contributed by atoms with Crippen molar-refractivity contribution >= 4 is 22.6 Å². The third-order valence-electron chi connectivity index (χ3n) is 5.21. The molecule has 0 aliphatic rings. The van der Waals surface area contributed by atoms with Gasteiger partial charge in [0.05, 0.1) is 12.1 Å². The van der Waals surface area contributed by atoms with Crippen molar-refractivity contribution in [3.63, 3.8) is 0 Å². The number of fused-ring (bicyclic) bond motifs is 1. The number of para-hydroxylation sites is 1. The Balaban J connectivity index is 1.83. The second kappa shape index (κ2) is 8.95. The van der Waals surface area contributed by atoms with Crippen molar-refractivity contribution < 1.29 is 14.3 Å². The smallest absolute Gasteiger partial charge is 0.295 e. The zero-order valence-electron chi connectivity index (χ0n) is 17.6. The molecule has 1 aromatic heterocycles. The van der Waals surface area contributed by atoms with Crippen molar-refractivity contribution in [2.75, 3.05) is 19.7 Å². The zero-order chi connectivity index (χ0) is 21.0. The van der Waals surface area contributed by atoms with Gasteiger partial charge < -0.3 is 14.2 Å². The van der Waals surface area contributed by atoms with Gasteiger partial charge in [-0.15, -0.1) is 0 Å². The first-order chi connectivity index (χ1) is 14.0. The van der Waals surface area contributed by atoms with Crippen LogP contribution in [0.15, 0.2) is 48.7 Å². The lowest BCUT2D eigenvalue weighted by molar-refractivity contribution is -0.126. The number of ether oxygens (including phenoxy) is 1. The molecule has 5 nitrogen and oxygen atoms in total. The van der Waals surface area contributed by atoms with E-state index < -0.39 is 11.7 Å². The first-order valence-electron chi connectivity index (χ1n) is 10.1. The number of amides is 1. The summed E-state index contributed by atoms with van der Waals surface area (Å²) in [6.07, 6.45) is 1.78. The minimum absolute atomic E-state index is 0.448. The van der Waals surface area contributed by atoms with Crippen molar-refractivity contribution in [1.29, 1.82) is 0 Å². The molecule has 0 bridgehead atoms. The van der Waals surface area contributed by atoms with Crippen LogP contribution in [0.2, 0.25) is 0 Å². The predicted molar refractivity (Wildman–Crippen MR) is 116 cm³/mol. The van der Waals surface area contributed by atoms with E-state index in [2.05, 4.69) is 6.07 Å². The average molecular weight is 392 g/mol. The van der Waals surface area contributed by atoms with Crippen LogP contribution in [0.25, 0.3) is 10.9 Å². The molecule has 0 radical (unpaired) electrons. The molecule has 152 valence electrons. The first-order valence-corrected chi connectivity index (χ1v) is 10.1. The van der Waals surface area contributed by atoms with Crippen molar-refractivity contribution in [1.82, 2.24) is 9.47 Å². The number of carbonyl (C=O) groups is 2. The highest BCUT2D eigenvalue weighted by Crippen LogP contribution is 2.23. The van der Waals surface area contributed by atoms with E-state index in [1.165, 1.54) is 0 Å². The van der Waals surface area contributed by atoms with Crippen LogP contribution in [0.1, 0.15) is 35.3 Å². The fourth-order valence-electron chi connectivity index (χ4n) is 3.50. The van der Waals surface area contributed by atoms with Gasteiger partial charge in [-0.1, -0.05) is 30.3 Å². The summed E-state index contributed by atoms with van der Waals surface area (Å²) in [7, 11) is 0. The quantitative estimate of drug-likeness (QED) is 0.422. The van der Waals surface area contributed by atoms with Gasteiger partial charge in [0.1, 0.15) is 12.4 Å². The molecule has 0 atom stereocenters. The maximum atomic E-state index is 12.9. The number of aromatic nitrogens is 1. The maximum Gasteiger partial charge on any atom is 0.295 e. The highest BCUT2D eigenvalue weighted by Gasteiger charge is 2.24. The van der Waals surface area contributed by atoms with E-state index in [9.17, 15) is 9.59 Å². The molecule has 0 saturated heterocycles. The van der Waals surface area contributed by atoms with Gasteiger partial charge in [0, 0.05) is 30.2 Å². The molecule has 29 heavy (non-hydrogen) atoms. The Morgan fingerprint density at radius 2 is 1.76 bits per heavy atom. The number of nitrogens with zero attached hydrogens (tertiary/aromatic N) is 2. The van der Waals surface area contributed by atoms with Crippen molar-refractivity contribution in [3.05, 3.63) is 65.4 Å². The molecule has 0 aliphatic heterocycles. The molecule has 2 aromatic carbocycles. The van der Waals surface area contributed by atoms with Gasteiger partial charge in [-0.05, 0) is 51.0 Å². The Labute approximate surface area is 171 Å². The van der Waals surface area contributed by atoms with E-state index in [0.29, 0.717) is 31.8 Å². The number of hydrogen-bond acceptors (Lipinski definition) is 3. The maximum absolute atomic E-state index is 12.9. The third kappa shape index (κ3) is 4.34. The molecule has 0 aliphatic carbocycles. The van der Waals surface area contributed by atoms with E-state index in [1.54, 1.807) is 11.1 Å². The van der Waals surface area contributed by atoms with E-state index in [1.807, 2.05) is 68.7 Å². The number of rotatable bonds is 8. The molecule has 1 amide bonds. The summed E-state index contributed by atoms with van der Waals surface area (Å²) >= 11 is 0. The van der Waals surface area contributed by atoms with Crippen LogP contribution in [0, 0.1) is 13.8 Å². The highest BCUT2D eigenvalue weighted by molar-refractivity contribution is 6.44. The van der Waals surface area contributed by atoms with Crippen molar-refractivity contribution in [3.8, 4) is 5.75 Å². The van der Waals surface area contributed by atoms with Gasteiger partial charge in [0.2, 0.25) is 0 Å². The van der Waals surface area contributed by atoms with E-state index in [4.69, 9.17) is 4.74 Å². The van der Waals surface area contributed by atoms with Crippen LogP contribution in [0.5, 0.6) is 5.75 Å². The Bertz CT molecular complexity index is 1030. The van der Waals surface area contributed by atoms with E-state index in [-0.39, 0.29) is 0 Å². The van der Waals surface area contributed by atoms with Crippen LogP contribution >= 0.6 is 0 Å². The lowest BCUT2D eigenvalue weighted by Gasteiger charge is -2.17. The normalized spacial score (nSPS) is 10.9. The predicted octanol–water partition coefficient (Wildman–Crippen LogP) is 4.39. The SMILES string of the molecule is CCN(CC)C(=O)C(=O)c1cn(CCOc2cc(C)ccc2C)c2ccccc12. The topological polar surface area (TPSA) is 51.5 Å². The molecule has 3 rings (SSSR count). The number of carbonyl (C=O) groups excluding carboxylic acids is 2. The highest BCUT2D eigenvalue weighted by atomic mass is 16.5. The molecule has 5 heteroatoms. The molecule has 1 heterocycles. The Kier molecular flexibility index (Phi) is 6.37. The van der Waals surface area contributed by atoms with Gasteiger partial charge >= 0.3 is 0 Å². The molecule has 0 fully saturated rings. The standard InChI is InChI=1S/C24H28N2O3/c1-5-25(6-2)24(28)23(27)20-16-26(21-10-8-7-9-19(20)21)13-14-29-22-15-17(3)11-12-18(22)4/h7-12,15-16H,5-6,13-14H2,1-4H3. The molecular weight excluding hydrogens is 364 g/mol. The minimum Gasteiger partial charge on any atom is -0.491 e. The zero-order valence-corrected chi connectivity index (χ0v) is 17.6. The lowest BCUT2D eigenvalue weighted by Crippen LogP contribution is -2.36. The van der Waals surface area contributed by atoms with E-state index in [0.717, 1.165) is 27.8 Å². The number of ketones is 1. The van der Waals surface area contributed by atoms with Gasteiger partial charge in [-0.2, -0.15) is 0 Å². The second-order valence-corrected chi connectivity index (χ2v) is 7.18. The third-order valence-corrected chi connectivity index (χ3v) is 5.21. The van der Waals surface area contributed by atoms with E-state index >= 15 is 0 Å². The summed E-state index contributed by atoms with van der Waals surface area (Å²) in [5.74, 6) is -0.0434. The Hall–Kier alpha value is -3.08. The Morgan fingerprint density at radius 1 is 1.03 bits per heavy atom. The molecule has 0 spiro atoms. The first kappa shape index (κ1) is 20.6. The van der Waals surface area contributed by atoms with Crippen LogP contribution in [0.3, 0.4) is 0 Å². The summed E-state index contributed by atoms with van der Waals surface area (Å²) in [5.41, 5.74) is 3.62. The molecule has 0 saturated carbocycles. The van der Waals surface area contributed by atoms with Gasteiger partial charge in [0.15, 0.2) is 0 Å². The van der Waals surface area contributed by atoms with Gasteiger partial charge in [0.25, 0.3) is 11.7 Å². The number of benzene rings is 2. The number of likely N-dealkylation sites (N-methyl/N-ethyl adjacent to an activating group) is 1. The fourth-order valence-corrected chi connectivity index (χ4v) is 3.50. The van der Waals surface area contributed by atoms with Gasteiger partial charge in [-0.3, -0.25) is 9.59 Å². The van der Waals surface area contributed by atoms with Crippen LogP contribution in [-0.2, 0) is 11.3 Å². The number of Topliss-reactive ketones (excluding diaryl/α,β-unsaturated/α-hetero) is 1. The number of hydrogen-bond donors (Lipinski definition) is 0. The van der Waals surface area contributed by atoms with Crippen LogP contribution in [-0.4, -0.2) is 40.9 Å². The molecule has 3 aromatic rings. The summed E-state index contributed by atoms with van der Waals surface area (Å²) in [6, 6.07) is 13.8. The minimum atomic E-state index is -0.459. The molecular formula is C24H28N2O3. The van der Waals surface area contributed by atoms with Crippen LogP contribution < -0.4 is 4.74 Å². The summed E-state index contributed by atoms with van der Waals surface area (Å²) in [6.45, 7) is 9.91. The monoisotopic (exact) mass is 392 g/mol. The summed E-state index contributed by atoms with van der Waals surface area (Å²) in [5, 5.41) is 0.796. The summed E-state index contributed by atoms with van der Waals surface area (Å²) in [4.78, 5) is 27.0.